The van der Waals surface area contributed by atoms with Gasteiger partial charge >= 0.3 is 0 Å². The van der Waals surface area contributed by atoms with Gasteiger partial charge in [-0.15, -0.1) is 0 Å². The van der Waals surface area contributed by atoms with Crippen molar-refractivity contribution in [2.75, 3.05) is 7.05 Å². The van der Waals surface area contributed by atoms with Gasteiger partial charge in [-0.2, -0.15) is 0 Å². The van der Waals surface area contributed by atoms with E-state index in [9.17, 15) is 0 Å². The Balaban J connectivity index is 2.70. The third-order valence-electron chi connectivity index (χ3n) is 1.17. The SMILES string of the molecule is CN1C=C(Br)C=CC1O. The van der Waals surface area contributed by atoms with Gasteiger partial charge in [-0.3, -0.25) is 0 Å². The molecule has 0 saturated carbocycles. The summed E-state index contributed by atoms with van der Waals surface area (Å²) in [4.78, 5) is 1.71. The van der Waals surface area contributed by atoms with Crippen LogP contribution in [0.15, 0.2) is 22.8 Å². The lowest BCUT2D eigenvalue weighted by Gasteiger charge is -2.21. The summed E-state index contributed by atoms with van der Waals surface area (Å²) in [6.07, 6.45) is 4.89. The molecule has 1 unspecified atom stereocenters. The standard InChI is InChI=1S/C6H8BrNO/c1-8-4-5(7)2-3-6(8)9/h2-4,6,9H,1H3. The van der Waals surface area contributed by atoms with Crippen LogP contribution in [0.1, 0.15) is 0 Å². The molecule has 1 rings (SSSR count). The molecule has 1 N–H and O–H groups in total. The van der Waals surface area contributed by atoms with Crippen LogP contribution in [0, 0.1) is 0 Å². The molecular weight excluding hydrogens is 182 g/mol. The normalized spacial score (nSPS) is 26.3. The van der Waals surface area contributed by atoms with E-state index in [0.29, 0.717) is 0 Å². The highest BCUT2D eigenvalue weighted by molar-refractivity contribution is 9.11. The maximum Gasteiger partial charge on any atom is 0.145 e. The summed E-state index contributed by atoms with van der Waals surface area (Å²) in [5.74, 6) is 0. The minimum Gasteiger partial charge on any atom is -0.370 e. The van der Waals surface area contributed by atoms with Crippen LogP contribution in [-0.2, 0) is 0 Å². The van der Waals surface area contributed by atoms with Crippen molar-refractivity contribution in [2.24, 2.45) is 0 Å². The third kappa shape index (κ3) is 1.56. The summed E-state index contributed by atoms with van der Waals surface area (Å²) in [5, 5.41) is 9.07. The van der Waals surface area contributed by atoms with Crippen molar-refractivity contribution < 1.29 is 5.11 Å². The number of nitrogens with zero attached hydrogens (tertiary/aromatic N) is 1. The summed E-state index contributed by atoms with van der Waals surface area (Å²) < 4.78 is 0.982. The van der Waals surface area contributed by atoms with Gasteiger partial charge in [0.1, 0.15) is 6.23 Å². The molecular formula is C6H8BrNO. The number of hydrogen-bond acceptors (Lipinski definition) is 2. The zero-order valence-corrected chi connectivity index (χ0v) is 6.67. The summed E-state index contributed by atoms with van der Waals surface area (Å²) in [6.45, 7) is 0. The summed E-state index contributed by atoms with van der Waals surface area (Å²) in [6, 6.07) is 0. The van der Waals surface area contributed by atoms with Crippen molar-refractivity contribution in [1.29, 1.82) is 0 Å². The Bertz CT molecular complexity index is 164. The fourth-order valence-electron chi connectivity index (χ4n) is 0.628. The van der Waals surface area contributed by atoms with Gasteiger partial charge in [0, 0.05) is 17.7 Å². The van der Waals surface area contributed by atoms with Gasteiger partial charge in [0.25, 0.3) is 0 Å². The van der Waals surface area contributed by atoms with Crippen LogP contribution in [0.5, 0.6) is 0 Å². The van der Waals surface area contributed by atoms with E-state index in [2.05, 4.69) is 15.9 Å². The van der Waals surface area contributed by atoms with Crippen molar-refractivity contribution in [2.45, 2.75) is 6.23 Å². The predicted octanol–water partition coefficient (Wildman–Crippen LogP) is 1.04. The molecule has 0 bridgehead atoms. The molecule has 0 aromatic heterocycles. The van der Waals surface area contributed by atoms with Crippen molar-refractivity contribution >= 4 is 15.9 Å². The molecule has 1 aliphatic heterocycles. The second kappa shape index (κ2) is 2.54. The van der Waals surface area contributed by atoms with Gasteiger partial charge < -0.3 is 10.0 Å². The molecule has 2 nitrogen and oxygen atoms in total. The van der Waals surface area contributed by atoms with Crippen molar-refractivity contribution in [3.8, 4) is 0 Å². The van der Waals surface area contributed by atoms with Crippen LogP contribution >= 0.6 is 15.9 Å². The Hall–Kier alpha value is -0.280. The highest BCUT2D eigenvalue weighted by atomic mass is 79.9. The van der Waals surface area contributed by atoms with E-state index in [1.54, 1.807) is 11.0 Å². The van der Waals surface area contributed by atoms with Crippen LogP contribution in [0.4, 0.5) is 0 Å². The van der Waals surface area contributed by atoms with Crippen LogP contribution in [0.3, 0.4) is 0 Å². The Labute approximate surface area is 62.6 Å². The van der Waals surface area contributed by atoms with Gasteiger partial charge in [0.15, 0.2) is 0 Å². The molecule has 3 heteroatoms. The number of halogens is 1. The van der Waals surface area contributed by atoms with E-state index in [0.717, 1.165) is 4.48 Å². The highest BCUT2D eigenvalue weighted by Gasteiger charge is 2.06. The number of aliphatic hydroxyl groups excluding tert-OH is 1. The molecule has 1 aliphatic rings. The number of aliphatic hydroxyl groups is 1. The zero-order chi connectivity index (χ0) is 6.85. The lowest BCUT2D eigenvalue weighted by atomic mass is 10.3. The second-order valence-electron chi connectivity index (χ2n) is 1.95. The first-order valence-corrected chi connectivity index (χ1v) is 3.45. The maximum atomic E-state index is 9.07. The summed E-state index contributed by atoms with van der Waals surface area (Å²) >= 11 is 3.28. The van der Waals surface area contributed by atoms with E-state index in [1.807, 2.05) is 19.3 Å². The van der Waals surface area contributed by atoms with Gasteiger partial charge in [-0.25, -0.2) is 0 Å². The molecule has 1 heterocycles. The molecule has 0 aromatic carbocycles. The summed E-state index contributed by atoms with van der Waals surface area (Å²) in [7, 11) is 1.81. The Morgan fingerprint density at radius 3 is 2.89 bits per heavy atom. The molecule has 0 fully saturated rings. The van der Waals surface area contributed by atoms with Gasteiger partial charge in [-0.05, 0) is 28.1 Å². The molecule has 9 heavy (non-hydrogen) atoms. The third-order valence-corrected chi connectivity index (χ3v) is 1.64. The first-order chi connectivity index (χ1) is 4.20. The Morgan fingerprint density at radius 1 is 1.78 bits per heavy atom. The molecule has 0 aromatic rings. The Morgan fingerprint density at radius 2 is 2.44 bits per heavy atom. The minimum atomic E-state index is -0.466. The molecule has 0 amide bonds. The number of rotatable bonds is 0. The molecule has 0 radical (unpaired) electrons. The maximum absolute atomic E-state index is 9.07. The van der Waals surface area contributed by atoms with Gasteiger partial charge in [0.05, 0.1) is 0 Å². The molecule has 1 atom stereocenters. The largest absolute Gasteiger partial charge is 0.370 e. The van der Waals surface area contributed by atoms with E-state index < -0.39 is 6.23 Å². The minimum absolute atomic E-state index is 0.466. The van der Waals surface area contributed by atoms with Gasteiger partial charge in [-0.1, -0.05) is 0 Å². The number of allylic oxidation sites excluding steroid dienone is 2. The van der Waals surface area contributed by atoms with Crippen LogP contribution in [0.25, 0.3) is 0 Å². The molecule has 0 saturated heterocycles. The van der Waals surface area contributed by atoms with E-state index in [1.165, 1.54) is 0 Å². The van der Waals surface area contributed by atoms with Crippen LogP contribution < -0.4 is 0 Å². The molecule has 0 spiro atoms. The lowest BCUT2D eigenvalue weighted by molar-refractivity contribution is 0.0970. The fourth-order valence-corrected chi connectivity index (χ4v) is 1.10. The second-order valence-corrected chi connectivity index (χ2v) is 2.87. The topological polar surface area (TPSA) is 23.5 Å². The van der Waals surface area contributed by atoms with E-state index >= 15 is 0 Å². The quantitative estimate of drug-likeness (QED) is 0.616. The van der Waals surface area contributed by atoms with E-state index in [-0.39, 0.29) is 0 Å². The number of likely N-dealkylation sites (N-methyl/N-ethyl adjacent to an activating group) is 1. The first kappa shape index (κ1) is 6.83. The van der Waals surface area contributed by atoms with Crippen LogP contribution in [-0.4, -0.2) is 23.3 Å². The molecule has 50 valence electrons. The Kier molecular flexibility index (Phi) is 1.93. The summed E-state index contributed by atoms with van der Waals surface area (Å²) in [5.41, 5.74) is 0. The monoisotopic (exact) mass is 189 g/mol. The number of hydrogen-bond donors (Lipinski definition) is 1. The van der Waals surface area contributed by atoms with E-state index in [4.69, 9.17) is 5.11 Å². The van der Waals surface area contributed by atoms with Crippen molar-refractivity contribution in [3.63, 3.8) is 0 Å². The molecule has 0 aliphatic carbocycles. The smallest absolute Gasteiger partial charge is 0.145 e. The zero-order valence-electron chi connectivity index (χ0n) is 5.08. The predicted molar refractivity (Wildman–Crippen MR) is 39.9 cm³/mol. The lowest BCUT2D eigenvalue weighted by Crippen LogP contribution is -2.26. The fraction of sp³-hybridized carbons (Fsp3) is 0.333. The highest BCUT2D eigenvalue weighted by Crippen LogP contribution is 2.14. The van der Waals surface area contributed by atoms with Crippen molar-refractivity contribution in [1.82, 2.24) is 4.90 Å². The first-order valence-electron chi connectivity index (χ1n) is 2.65. The average Bonchev–Trinajstić information content (AvgIpc) is 1.80. The van der Waals surface area contributed by atoms with Crippen molar-refractivity contribution in [3.05, 3.63) is 22.8 Å². The average molecular weight is 190 g/mol. The van der Waals surface area contributed by atoms with Gasteiger partial charge in [0.2, 0.25) is 0 Å². The van der Waals surface area contributed by atoms with Crippen LogP contribution in [0.2, 0.25) is 0 Å².